The molecule has 1 atom stereocenters. The van der Waals surface area contributed by atoms with Gasteiger partial charge in [0.25, 0.3) is 0 Å². The average Bonchev–Trinajstić information content (AvgIpc) is 2.73. The number of ether oxygens (including phenoxy) is 1. The zero-order chi connectivity index (χ0) is 10.9. The number of hydrogen-bond acceptors (Lipinski definition) is 2. The Bertz CT molecular complexity index is 319. The second-order valence-electron chi connectivity index (χ2n) is 5.28. The summed E-state index contributed by atoms with van der Waals surface area (Å²) < 4.78 is 7.73. The zero-order valence-corrected chi connectivity index (χ0v) is 9.86. The van der Waals surface area contributed by atoms with Gasteiger partial charge in [0.15, 0.2) is 0 Å². The van der Waals surface area contributed by atoms with Crippen molar-refractivity contribution in [3.63, 3.8) is 0 Å². The van der Waals surface area contributed by atoms with Crippen LogP contribution in [0.15, 0.2) is 12.3 Å². The van der Waals surface area contributed by atoms with Crippen LogP contribution in [0.2, 0.25) is 0 Å². The van der Waals surface area contributed by atoms with Crippen LogP contribution in [-0.2, 0) is 16.7 Å². The molecule has 0 amide bonds. The molecule has 1 fully saturated rings. The van der Waals surface area contributed by atoms with Crippen LogP contribution in [0, 0.1) is 0 Å². The maximum absolute atomic E-state index is 5.63. The van der Waals surface area contributed by atoms with Crippen molar-refractivity contribution in [1.29, 1.82) is 0 Å². The van der Waals surface area contributed by atoms with E-state index < -0.39 is 0 Å². The molecule has 1 unspecified atom stereocenters. The molecule has 0 spiro atoms. The summed E-state index contributed by atoms with van der Waals surface area (Å²) in [7, 11) is 0. The molecule has 2 heterocycles. The van der Waals surface area contributed by atoms with Gasteiger partial charge in [0.2, 0.25) is 0 Å². The van der Waals surface area contributed by atoms with Gasteiger partial charge in [0.05, 0.1) is 12.6 Å². The van der Waals surface area contributed by atoms with Gasteiger partial charge in [-0.1, -0.05) is 20.8 Å². The van der Waals surface area contributed by atoms with Crippen molar-refractivity contribution < 1.29 is 4.74 Å². The van der Waals surface area contributed by atoms with E-state index in [9.17, 15) is 0 Å². The van der Waals surface area contributed by atoms with Crippen LogP contribution < -0.4 is 0 Å². The molecule has 1 aromatic rings. The second kappa shape index (κ2) is 3.97. The molecular weight excluding hydrogens is 188 g/mol. The number of nitrogens with zero attached hydrogens (tertiary/aromatic N) is 2. The van der Waals surface area contributed by atoms with E-state index in [1.54, 1.807) is 0 Å². The van der Waals surface area contributed by atoms with Crippen molar-refractivity contribution in [2.45, 2.75) is 51.7 Å². The summed E-state index contributed by atoms with van der Waals surface area (Å²) in [4.78, 5) is 0. The summed E-state index contributed by atoms with van der Waals surface area (Å²) in [5, 5.41) is 4.38. The van der Waals surface area contributed by atoms with E-state index in [1.165, 1.54) is 18.5 Å². The smallest absolute Gasteiger partial charge is 0.0771 e. The predicted molar refractivity (Wildman–Crippen MR) is 59.9 cm³/mol. The zero-order valence-electron chi connectivity index (χ0n) is 9.86. The van der Waals surface area contributed by atoms with Gasteiger partial charge in [0, 0.05) is 23.9 Å². The first-order chi connectivity index (χ1) is 7.07. The summed E-state index contributed by atoms with van der Waals surface area (Å²) in [5.74, 6) is 0. The van der Waals surface area contributed by atoms with E-state index in [-0.39, 0.29) is 5.41 Å². The molecule has 3 heteroatoms. The van der Waals surface area contributed by atoms with Crippen LogP contribution in [0.3, 0.4) is 0 Å². The van der Waals surface area contributed by atoms with E-state index in [0.29, 0.717) is 6.10 Å². The summed E-state index contributed by atoms with van der Waals surface area (Å²) in [6, 6.07) is 2.11. The minimum absolute atomic E-state index is 0.162. The molecule has 2 rings (SSSR count). The van der Waals surface area contributed by atoms with Gasteiger partial charge >= 0.3 is 0 Å². The first kappa shape index (κ1) is 10.7. The first-order valence-electron chi connectivity index (χ1n) is 5.71. The molecule has 0 aliphatic carbocycles. The Morgan fingerprint density at radius 1 is 1.53 bits per heavy atom. The lowest BCUT2D eigenvalue weighted by Crippen LogP contribution is -2.23. The minimum atomic E-state index is 0.162. The Labute approximate surface area is 91.4 Å². The Balaban J connectivity index is 2.11. The van der Waals surface area contributed by atoms with Crippen molar-refractivity contribution in [2.75, 3.05) is 6.61 Å². The number of rotatable bonds is 2. The molecule has 84 valence electrons. The highest BCUT2D eigenvalue weighted by Gasteiger charge is 2.22. The topological polar surface area (TPSA) is 27.1 Å². The van der Waals surface area contributed by atoms with Crippen molar-refractivity contribution in [3.05, 3.63) is 18.0 Å². The maximum atomic E-state index is 5.63. The van der Waals surface area contributed by atoms with Crippen molar-refractivity contribution in [2.24, 2.45) is 0 Å². The monoisotopic (exact) mass is 208 g/mol. The Morgan fingerprint density at radius 3 is 2.93 bits per heavy atom. The highest BCUT2D eigenvalue weighted by atomic mass is 16.5. The van der Waals surface area contributed by atoms with Gasteiger partial charge in [-0.3, -0.25) is 4.68 Å². The molecule has 0 radical (unpaired) electrons. The van der Waals surface area contributed by atoms with Crippen LogP contribution in [-0.4, -0.2) is 22.5 Å². The van der Waals surface area contributed by atoms with Gasteiger partial charge in [-0.2, -0.15) is 5.10 Å². The number of aromatic nitrogens is 2. The lowest BCUT2D eigenvalue weighted by molar-refractivity contribution is 0.0924. The van der Waals surface area contributed by atoms with Crippen LogP contribution >= 0.6 is 0 Å². The largest absolute Gasteiger partial charge is 0.376 e. The first-order valence-corrected chi connectivity index (χ1v) is 5.71. The number of hydrogen-bond donors (Lipinski definition) is 0. The van der Waals surface area contributed by atoms with Crippen molar-refractivity contribution in [3.8, 4) is 0 Å². The molecule has 1 aliphatic heterocycles. The maximum Gasteiger partial charge on any atom is 0.0771 e. The quantitative estimate of drug-likeness (QED) is 0.746. The Morgan fingerprint density at radius 2 is 2.33 bits per heavy atom. The van der Waals surface area contributed by atoms with E-state index >= 15 is 0 Å². The lowest BCUT2D eigenvalue weighted by Gasteiger charge is -2.21. The molecule has 1 aliphatic rings. The standard InChI is InChI=1S/C12H20N2O/c1-12(2,3)11-6-7-13-14(11)9-10-5-4-8-15-10/h6-7,10H,4-5,8-9H2,1-3H3. The fraction of sp³-hybridized carbons (Fsp3) is 0.750. The Hall–Kier alpha value is -0.830. The van der Waals surface area contributed by atoms with Gasteiger partial charge < -0.3 is 4.74 Å². The molecule has 0 aromatic carbocycles. The molecular formula is C12H20N2O. The van der Waals surface area contributed by atoms with E-state index in [2.05, 4.69) is 36.6 Å². The van der Waals surface area contributed by atoms with Gasteiger partial charge in [-0.25, -0.2) is 0 Å². The average molecular weight is 208 g/mol. The van der Waals surface area contributed by atoms with Crippen LogP contribution in [0.1, 0.15) is 39.3 Å². The van der Waals surface area contributed by atoms with E-state index in [4.69, 9.17) is 4.74 Å². The summed E-state index contributed by atoms with van der Waals surface area (Å²) in [5.41, 5.74) is 1.45. The second-order valence-corrected chi connectivity index (χ2v) is 5.28. The summed E-state index contributed by atoms with van der Waals surface area (Å²) >= 11 is 0. The fourth-order valence-electron chi connectivity index (χ4n) is 2.10. The van der Waals surface area contributed by atoms with Crippen LogP contribution in [0.25, 0.3) is 0 Å². The third kappa shape index (κ3) is 2.40. The third-order valence-corrected chi connectivity index (χ3v) is 2.89. The van der Waals surface area contributed by atoms with Gasteiger partial charge in [0.1, 0.15) is 0 Å². The van der Waals surface area contributed by atoms with Crippen molar-refractivity contribution in [1.82, 2.24) is 9.78 Å². The molecule has 1 saturated heterocycles. The molecule has 0 bridgehead atoms. The van der Waals surface area contributed by atoms with E-state index in [0.717, 1.165) is 13.2 Å². The fourth-order valence-corrected chi connectivity index (χ4v) is 2.10. The minimum Gasteiger partial charge on any atom is -0.376 e. The third-order valence-electron chi connectivity index (χ3n) is 2.89. The van der Waals surface area contributed by atoms with Crippen molar-refractivity contribution >= 4 is 0 Å². The molecule has 3 nitrogen and oxygen atoms in total. The molecule has 15 heavy (non-hydrogen) atoms. The van der Waals surface area contributed by atoms with Crippen LogP contribution in [0.5, 0.6) is 0 Å². The molecule has 0 saturated carbocycles. The van der Waals surface area contributed by atoms with Gasteiger partial charge in [-0.05, 0) is 18.9 Å². The lowest BCUT2D eigenvalue weighted by atomic mass is 9.92. The predicted octanol–water partition coefficient (Wildman–Crippen LogP) is 2.36. The highest BCUT2D eigenvalue weighted by Crippen LogP contribution is 2.23. The Kier molecular flexibility index (Phi) is 2.83. The summed E-state index contributed by atoms with van der Waals surface area (Å²) in [6.45, 7) is 8.47. The molecule has 1 aromatic heterocycles. The highest BCUT2D eigenvalue weighted by molar-refractivity contribution is 5.12. The SMILES string of the molecule is CC(C)(C)c1ccnn1CC1CCCO1. The van der Waals surface area contributed by atoms with Gasteiger partial charge in [-0.15, -0.1) is 0 Å². The summed E-state index contributed by atoms with van der Waals surface area (Å²) in [6.07, 6.45) is 4.61. The molecule has 0 N–H and O–H groups in total. The normalized spacial score (nSPS) is 22.2. The van der Waals surface area contributed by atoms with Crippen LogP contribution in [0.4, 0.5) is 0 Å². The van der Waals surface area contributed by atoms with E-state index in [1.807, 2.05) is 6.20 Å².